The van der Waals surface area contributed by atoms with E-state index in [1.54, 1.807) is 0 Å². The zero-order chi connectivity index (χ0) is 24.0. The van der Waals surface area contributed by atoms with Gasteiger partial charge in [-0.3, -0.25) is 0 Å². The molecule has 4 heteroatoms. The number of hydrogen-bond acceptors (Lipinski definition) is 0. The minimum Gasteiger partial charge on any atom is -0.673 e. The molecule has 0 aromatic rings. The van der Waals surface area contributed by atoms with Crippen LogP contribution < -0.4 is 0 Å². The summed E-state index contributed by atoms with van der Waals surface area (Å²) in [6.07, 6.45) is 15.0. The summed E-state index contributed by atoms with van der Waals surface area (Å²) in [6, 6.07) is 0. The molecule has 3 rings (SSSR count). The van der Waals surface area contributed by atoms with Crippen LogP contribution in [0.3, 0.4) is 0 Å². The Balaban J connectivity index is -0.000000157. The van der Waals surface area contributed by atoms with Crippen molar-refractivity contribution in [1.29, 1.82) is 0 Å². The van der Waals surface area contributed by atoms with Crippen LogP contribution in [-0.4, -0.2) is 11.1 Å². The fourth-order valence-electron chi connectivity index (χ4n) is 4.16. The molecule has 192 valence electrons. The van der Waals surface area contributed by atoms with E-state index in [2.05, 4.69) is 34.6 Å². The van der Waals surface area contributed by atoms with Gasteiger partial charge in [-0.05, 0) is 29.6 Å². The van der Waals surface area contributed by atoms with Gasteiger partial charge in [0.2, 0.25) is 0 Å². The van der Waals surface area contributed by atoms with Crippen LogP contribution in [0.25, 0.3) is 11.5 Å². The first-order valence-electron chi connectivity index (χ1n) is 13.1. The van der Waals surface area contributed by atoms with Gasteiger partial charge in [-0.1, -0.05) is 140 Å². The Labute approximate surface area is 237 Å². The fraction of sp³-hybridized carbons (Fsp3) is 1.00. The van der Waals surface area contributed by atoms with Gasteiger partial charge in [-0.15, -0.1) is 11.1 Å². The topological polar surface area (TPSA) is 47.6 Å². The first-order chi connectivity index (χ1) is 13.6. The van der Waals surface area contributed by atoms with Gasteiger partial charge in [0.05, 0.1) is 0 Å². The average Bonchev–Trinajstić information content (AvgIpc) is 3.35. The van der Waals surface area contributed by atoms with Crippen LogP contribution in [0, 0.1) is 29.6 Å². The monoisotopic (exact) mass is 707 g/mol. The molecule has 0 aromatic heterocycles. The summed E-state index contributed by atoms with van der Waals surface area (Å²) in [4.78, 5) is 0. The van der Waals surface area contributed by atoms with Gasteiger partial charge in [-0.2, -0.15) is 0 Å². The van der Waals surface area contributed by atoms with E-state index in [9.17, 15) is 0 Å². The summed E-state index contributed by atoms with van der Waals surface area (Å²) in [6.45, 7) is 23.1. The predicted molar refractivity (Wildman–Crippen MR) is 140 cm³/mol. The van der Waals surface area contributed by atoms with Crippen LogP contribution in [-0.2, 0) is 46.3 Å². The van der Waals surface area contributed by atoms with Crippen molar-refractivity contribution in [3.63, 3.8) is 0 Å². The van der Waals surface area contributed by atoms with Crippen LogP contribution in [0.4, 0.5) is 0 Å². The molecule has 0 unspecified atom stereocenters. The molecule has 0 saturated heterocycles. The van der Waals surface area contributed by atoms with Crippen molar-refractivity contribution in [3.05, 3.63) is 11.5 Å². The molecular formula is C28H60IrN2Zr+3. The van der Waals surface area contributed by atoms with Gasteiger partial charge >= 0.3 is 46.3 Å². The van der Waals surface area contributed by atoms with Crippen molar-refractivity contribution in [2.24, 2.45) is 29.6 Å². The largest absolute Gasteiger partial charge is 3.00 e. The molecule has 0 heterocycles. The molecule has 0 aromatic carbocycles. The molecule has 32 heavy (non-hydrogen) atoms. The standard InChI is InChI=1S/C10H20.2C5H10.2C4H10N.Ir.Zr/c1-6-7(2)9(4)10(5)8(6)3;2*1-2-4-5-3-1;2*1-4(2,3)5;;/h6-10H,1-5H3;2*1-5H2;2*5H,1-3H3;;/q;;;2*-1;+3;+2. The molecule has 3 fully saturated rings. The quantitative estimate of drug-likeness (QED) is 0.241. The molecule has 0 aliphatic heterocycles. The van der Waals surface area contributed by atoms with Crippen LogP contribution in [0.2, 0.25) is 0 Å². The van der Waals surface area contributed by atoms with Crippen LogP contribution in [0.15, 0.2) is 0 Å². The Bertz CT molecular complexity index is 288. The maximum absolute atomic E-state index is 6.94. The SMILES string of the molecule is C1CCCC1.C1CCCC1.CC(C)(C)[NH-].CC(C)(C)[NH-].CC1C(C)C(C)C(C)C1C.[Ir+3].[Zr+2]. The van der Waals surface area contributed by atoms with Crippen molar-refractivity contribution in [1.82, 2.24) is 0 Å². The third-order valence-electron chi connectivity index (χ3n) is 6.65. The Morgan fingerprint density at radius 3 is 0.531 bits per heavy atom. The van der Waals surface area contributed by atoms with Gasteiger partial charge in [0.15, 0.2) is 0 Å². The zero-order valence-electron chi connectivity index (χ0n) is 23.8. The number of rotatable bonds is 0. The van der Waals surface area contributed by atoms with E-state index >= 15 is 0 Å². The molecule has 3 aliphatic carbocycles. The Kier molecular flexibility index (Phi) is 27.6. The Morgan fingerprint density at radius 2 is 0.469 bits per heavy atom. The Morgan fingerprint density at radius 1 is 0.406 bits per heavy atom. The van der Waals surface area contributed by atoms with E-state index in [-0.39, 0.29) is 57.4 Å². The van der Waals surface area contributed by atoms with Gasteiger partial charge in [-0.25, -0.2) is 0 Å². The van der Waals surface area contributed by atoms with E-state index in [0.717, 1.165) is 29.6 Å². The molecule has 3 aliphatic rings. The van der Waals surface area contributed by atoms with Gasteiger partial charge in [0.25, 0.3) is 0 Å². The Hall–Kier alpha value is 1.45. The summed E-state index contributed by atoms with van der Waals surface area (Å²) >= 11 is 0. The van der Waals surface area contributed by atoms with Gasteiger partial charge in [0.1, 0.15) is 0 Å². The summed E-state index contributed by atoms with van der Waals surface area (Å²) < 4.78 is 0. The maximum atomic E-state index is 6.94. The van der Waals surface area contributed by atoms with Crippen molar-refractivity contribution in [2.45, 2.75) is 151 Å². The van der Waals surface area contributed by atoms with Crippen molar-refractivity contribution in [2.75, 3.05) is 0 Å². The minimum atomic E-state index is -0.250. The molecule has 0 spiro atoms. The number of hydrogen-bond donors (Lipinski definition) is 0. The summed E-state index contributed by atoms with van der Waals surface area (Å²) in [5.74, 6) is 4.68. The minimum absolute atomic E-state index is 0. The number of nitrogens with one attached hydrogen (secondary N) is 2. The molecule has 3 saturated carbocycles. The van der Waals surface area contributed by atoms with Crippen molar-refractivity contribution >= 4 is 0 Å². The molecular weight excluding hydrogens is 648 g/mol. The second kappa shape index (κ2) is 21.7. The molecule has 0 amide bonds. The summed E-state index contributed by atoms with van der Waals surface area (Å²) in [5, 5.41) is 0. The molecule has 2 N–H and O–H groups in total. The fourth-order valence-corrected chi connectivity index (χ4v) is 4.16. The zero-order valence-corrected chi connectivity index (χ0v) is 28.6. The van der Waals surface area contributed by atoms with Gasteiger partial charge in [0, 0.05) is 0 Å². The van der Waals surface area contributed by atoms with Crippen molar-refractivity contribution in [3.8, 4) is 0 Å². The normalized spacial score (nSPS) is 28.6. The summed E-state index contributed by atoms with van der Waals surface area (Å²) in [7, 11) is 0. The maximum Gasteiger partial charge on any atom is 3.00 e. The average molecular weight is 708 g/mol. The molecule has 0 radical (unpaired) electrons. The smallest absolute Gasteiger partial charge is 0.673 e. The van der Waals surface area contributed by atoms with Crippen molar-refractivity contribution < 1.29 is 46.3 Å². The van der Waals surface area contributed by atoms with E-state index in [0.29, 0.717) is 0 Å². The van der Waals surface area contributed by atoms with Crippen LogP contribution in [0.5, 0.6) is 0 Å². The summed E-state index contributed by atoms with van der Waals surface area (Å²) in [5.41, 5.74) is 13.4. The predicted octanol–water partition coefficient (Wildman–Crippen LogP) is 10.8. The second-order valence-electron chi connectivity index (χ2n) is 12.3. The second-order valence-corrected chi connectivity index (χ2v) is 12.3. The van der Waals surface area contributed by atoms with Gasteiger partial charge < -0.3 is 11.5 Å². The van der Waals surface area contributed by atoms with Crippen LogP contribution >= 0.6 is 0 Å². The third kappa shape index (κ3) is 29.5. The van der Waals surface area contributed by atoms with E-state index < -0.39 is 0 Å². The van der Waals surface area contributed by atoms with Crippen LogP contribution in [0.1, 0.15) is 140 Å². The van der Waals surface area contributed by atoms with E-state index in [1.165, 1.54) is 64.2 Å². The first-order valence-corrected chi connectivity index (χ1v) is 13.1. The molecule has 2 nitrogen and oxygen atoms in total. The first kappa shape index (κ1) is 40.6. The van der Waals surface area contributed by atoms with E-state index in [1.807, 2.05) is 41.5 Å². The van der Waals surface area contributed by atoms with E-state index in [4.69, 9.17) is 11.5 Å². The molecule has 0 bridgehead atoms. The third-order valence-corrected chi connectivity index (χ3v) is 6.65. The molecule has 0 atom stereocenters.